The van der Waals surface area contributed by atoms with Gasteiger partial charge in [0.25, 0.3) is 0 Å². The minimum Gasteiger partial charge on any atom is -0.378 e. The molecule has 1 aliphatic heterocycles. The first-order valence-electron chi connectivity index (χ1n) is 8.96. The SMILES string of the molecule is CCC(C)Nc1cc(Nc2ccccc2N2CCOCC2)nc(C)n1. The molecule has 0 saturated carbocycles. The second-order valence-electron chi connectivity index (χ2n) is 6.38. The summed E-state index contributed by atoms with van der Waals surface area (Å²) in [7, 11) is 0. The standard InChI is InChI=1S/C19H27N5O/c1-4-14(2)20-18-13-19(22-15(3)21-18)23-16-7-5-6-8-17(16)24-9-11-25-12-10-24/h5-8,13-14H,4,9-12H2,1-3H3,(H2,20,21,22,23). The number of aryl methyl sites for hydroxylation is 1. The molecule has 1 atom stereocenters. The van der Waals surface area contributed by atoms with Crippen LogP contribution >= 0.6 is 0 Å². The average molecular weight is 341 g/mol. The zero-order valence-electron chi connectivity index (χ0n) is 15.2. The van der Waals surface area contributed by atoms with Gasteiger partial charge in [-0.2, -0.15) is 0 Å². The Labute approximate surface area is 149 Å². The molecule has 1 aromatic carbocycles. The summed E-state index contributed by atoms with van der Waals surface area (Å²) in [5.74, 6) is 2.41. The number of hydrogen-bond donors (Lipinski definition) is 2. The predicted octanol–water partition coefficient (Wildman–Crippen LogP) is 3.58. The molecule has 3 rings (SSSR count). The number of para-hydroxylation sites is 2. The normalized spacial score (nSPS) is 15.7. The molecule has 0 amide bonds. The Bertz CT molecular complexity index is 700. The molecule has 2 heterocycles. The highest BCUT2D eigenvalue weighted by molar-refractivity contribution is 5.75. The first kappa shape index (κ1) is 17.5. The molecule has 0 bridgehead atoms. The molecule has 1 saturated heterocycles. The van der Waals surface area contributed by atoms with Crippen molar-refractivity contribution in [1.82, 2.24) is 9.97 Å². The number of rotatable bonds is 6. The van der Waals surface area contributed by atoms with E-state index in [1.165, 1.54) is 5.69 Å². The van der Waals surface area contributed by atoms with Crippen molar-refractivity contribution in [2.24, 2.45) is 0 Å². The number of benzene rings is 1. The Morgan fingerprint density at radius 1 is 1.16 bits per heavy atom. The number of anilines is 4. The Morgan fingerprint density at radius 3 is 2.64 bits per heavy atom. The van der Waals surface area contributed by atoms with E-state index in [4.69, 9.17) is 4.74 Å². The molecule has 1 aliphatic rings. The van der Waals surface area contributed by atoms with Gasteiger partial charge in [0, 0.05) is 25.2 Å². The van der Waals surface area contributed by atoms with Crippen molar-refractivity contribution in [1.29, 1.82) is 0 Å². The van der Waals surface area contributed by atoms with Crippen molar-refractivity contribution in [3.63, 3.8) is 0 Å². The van der Waals surface area contributed by atoms with Gasteiger partial charge in [0.05, 0.1) is 24.6 Å². The van der Waals surface area contributed by atoms with Crippen LogP contribution in [0.4, 0.5) is 23.0 Å². The topological polar surface area (TPSA) is 62.3 Å². The maximum atomic E-state index is 5.47. The van der Waals surface area contributed by atoms with E-state index in [2.05, 4.69) is 57.5 Å². The second kappa shape index (κ2) is 8.16. The number of nitrogens with one attached hydrogen (secondary N) is 2. The quantitative estimate of drug-likeness (QED) is 0.837. The van der Waals surface area contributed by atoms with Gasteiger partial charge in [0.1, 0.15) is 17.5 Å². The Morgan fingerprint density at radius 2 is 1.88 bits per heavy atom. The third kappa shape index (κ3) is 4.60. The van der Waals surface area contributed by atoms with Crippen molar-refractivity contribution >= 4 is 23.0 Å². The van der Waals surface area contributed by atoms with E-state index in [-0.39, 0.29) is 0 Å². The minimum atomic E-state index is 0.378. The van der Waals surface area contributed by atoms with Crippen molar-refractivity contribution < 1.29 is 4.74 Å². The first-order chi connectivity index (χ1) is 12.2. The second-order valence-corrected chi connectivity index (χ2v) is 6.38. The lowest BCUT2D eigenvalue weighted by Gasteiger charge is -2.30. The Balaban J connectivity index is 1.82. The van der Waals surface area contributed by atoms with Gasteiger partial charge >= 0.3 is 0 Å². The van der Waals surface area contributed by atoms with Crippen LogP contribution in [-0.2, 0) is 4.74 Å². The molecular weight excluding hydrogens is 314 g/mol. The molecule has 6 nitrogen and oxygen atoms in total. The van der Waals surface area contributed by atoms with Crippen molar-refractivity contribution in [2.75, 3.05) is 41.8 Å². The van der Waals surface area contributed by atoms with Crippen LogP contribution in [0.1, 0.15) is 26.1 Å². The predicted molar refractivity (Wildman–Crippen MR) is 103 cm³/mol. The largest absolute Gasteiger partial charge is 0.378 e. The molecule has 1 aromatic heterocycles. The van der Waals surface area contributed by atoms with Gasteiger partial charge in [-0.15, -0.1) is 0 Å². The maximum Gasteiger partial charge on any atom is 0.136 e. The molecule has 25 heavy (non-hydrogen) atoms. The van der Waals surface area contributed by atoms with Crippen LogP contribution < -0.4 is 15.5 Å². The monoisotopic (exact) mass is 341 g/mol. The average Bonchev–Trinajstić information content (AvgIpc) is 2.62. The summed E-state index contributed by atoms with van der Waals surface area (Å²) in [6.07, 6.45) is 1.05. The smallest absolute Gasteiger partial charge is 0.136 e. The van der Waals surface area contributed by atoms with E-state index < -0.39 is 0 Å². The van der Waals surface area contributed by atoms with E-state index in [0.29, 0.717) is 6.04 Å². The summed E-state index contributed by atoms with van der Waals surface area (Å²) < 4.78 is 5.47. The minimum absolute atomic E-state index is 0.378. The third-order valence-electron chi connectivity index (χ3n) is 4.36. The van der Waals surface area contributed by atoms with Crippen LogP contribution in [0, 0.1) is 6.92 Å². The highest BCUT2D eigenvalue weighted by Crippen LogP contribution is 2.29. The third-order valence-corrected chi connectivity index (χ3v) is 4.36. The molecule has 1 fully saturated rings. The van der Waals surface area contributed by atoms with E-state index in [1.807, 2.05) is 19.1 Å². The maximum absolute atomic E-state index is 5.47. The number of morpholine rings is 1. The first-order valence-corrected chi connectivity index (χ1v) is 8.96. The molecule has 0 radical (unpaired) electrons. The van der Waals surface area contributed by atoms with E-state index >= 15 is 0 Å². The Hall–Kier alpha value is -2.34. The number of nitrogens with zero attached hydrogens (tertiary/aromatic N) is 3. The van der Waals surface area contributed by atoms with Gasteiger partial charge in [-0.1, -0.05) is 19.1 Å². The van der Waals surface area contributed by atoms with Gasteiger partial charge in [-0.25, -0.2) is 9.97 Å². The summed E-state index contributed by atoms with van der Waals surface area (Å²) in [4.78, 5) is 11.4. The molecular formula is C19H27N5O. The summed E-state index contributed by atoms with van der Waals surface area (Å²) in [6.45, 7) is 9.57. The zero-order valence-corrected chi connectivity index (χ0v) is 15.2. The van der Waals surface area contributed by atoms with Gasteiger partial charge in [0.2, 0.25) is 0 Å². The fraction of sp³-hybridized carbons (Fsp3) is 0.474. The molecule has 0 aliphatic carbocycles. The molecule has 2 N–H and O–H groups in total. The Kier molecular flexibility index (Phi) is 5.71. The van der Waals surface area contributed by atoms with Crippen LogP contribution in [0.3, 0.4) is 0 Å². The van der Waals surface area contributed by atoms with E-state index in [9.17, 15) is 0 Å². The van der Waals surface area contributed by atoms with E-state index in [0.717, 1.165) is 55.9 Å². The van der Waals surface area contributed by atoms with Crippen molar-refractivity contribution in [2.45, 2.75) is 33.2 Å². The lowest BCUT2D eigenvalue weighted by Crippen LogP contribution is -2.36. The zero-order chi connectivity index (χ0) is 17.6. The highest BCUT2D eigenvalue weighted by Gasteiger charge is 2.15. The van der Waals surface area contributed by atoms with Gasteiger partial charge in [0.15, 0.2) is 0 Å². The molecule has 6 heteroatoms. The molecule has 2 aromatic rings. The van der Waals surface area contributed by atoms with Crippen LogP contribution in [0.15, 0.2) is 30.3 Å². The fourth-order valence-electron chi connectivity index (χ4n) is 2.86. The van der Waals surface area contributed by atoms with E-state index in [1.54, 1.807) is 0 Å². The summed E-state index contributed by atoms with van der Waals surface area (Å²) in [6, 6.07) is 10.7. The highest BCUT2D eigenvalue weighted by atomic mass is 16.5. The van der Waals surface area contributed by atoms with Crippen LogP contribution in [-0.4, -0.2) is 42.3 Å². The number of aromatic nitrogens is 2. The van der Waals surface area contributed by atoms with Crippen molar-refractivity contribution in [3.8, 4) is 0 Å². The summed E-state index contributed by atoms with van der Waals surface area (Å²) >= 11 is 0. The van der Waals surface area contributed by atoms with Crippen LogP contribution in [0.2, 0.25) is 0 Å². The van der Waals surface area contributed by atoms with Gasteiger partial charge < -0.3 is 20.3 Å². The molecule has 0 spiro atoms. The lowest BCUT2D eigenvalue weighted by molar-refractivity contribution is 0.123. The summed E-state index contributed by atoms with van der Waals surface area (Å²) in [5.41, 5.74) is 2.23. The van der Waals surface area contributed by atoms with Crippen molar-refractivity contribution in [3.05, 3.63) is 36.2 Å². The molecule has 1 unspecified atom stereocenters. The number of hydrogen-bond acceptors (Lipinski definition) is 6. The van der Waals surface area contributed by atoms with Gasteiger partial charge in [-0.3, -0.25) is 0 Å². The molecule has 134 valence electrons. The summed E-state index contributed by atoms with van der Waals surface area (Å²) in [5, 5.41) is 6.89. The van der Waals surface area contributed by atoms with Crippen LogP contribution in [0.5, 0.6) is 0 Å². The fourth-order valence-corrected chi connectivity index (χ4v) is 2.86. The van der Waals surface area contributed by atoms with Gasteiger partial charge in [-0.05, 0) is 32.4 Å². The number of ether oxygens (including phenoxy) is 1. The van der Waals surface area contributed by atoms with Crippen LogP contribution in [0.25, 0.3) is 0 Å². The lowest BCUT2D eigenvalue weighted by atomic mass is 10.2.